The Kier molecular flexibility index (Phi) is 7.55. The van der Waals surface area contributed by atoms with E-state index in [0.29, 0.717) is 28.5 Å². The van der Waals surface area contributed by atoms with Gasteiger partial charge in [-0.2, -0.15) is 0 Å². The maximum Gasteiger partial charge on any atom is 0.306 e. The summed E-state index contributed by atoms with van der Waals surface area (Å²) in [7, 11) is 0. The predicted octanol–water partition coefficient (Wildman–Crippen LogP) is 5.52. The molecule has 162 valence electrons. The lowest BCUT2D eigenvalue weighted by Gasteiger charge is -2.44. The highest BCUT2D eigenvalue weighted by Crippen LogP contribution is 2.44. The van der Waals surface area contributed by atoms with Gasteiger partial charge in [0.2, 0.25) is 0 Å². The van der Waals surface area contributed by atoms with Gasteiger partial charge in [0.25, 0.3) is 5.91 Å². The third-order valence-corrected chi connectivity index (χ3v) is 5.68. The quantitative estimate of drug-likeness (QED) is 0.551. The van der Waals surface area contributed by atoms with Crippen molar-refractivity contribution in [1.82, 2.24) is 4.90 Å². The number of aliphatic carboxylic acids is 1. The minimum absolute atomic E-state index is 0.460. The van der Waals surface area contributed by atoms with E-state index in [-0.39, 0.29) is 0 Å². The van der Waals surface area contributed by atoms with Crippen LogP contribution in [0.25, 0.3) is 4.85 Å². The average Bonchev–Trinajstić information content (AvgIpc) is 2.74. The van der Waals surface area contributed by atoms with Gasteiger partial charge < -0.3 is 9.84 Å². The highest BCUT2D eigenvalue weighted by molar-refractivity contribution is 6.30. The number of ether oxygens (including phenoxy) is 1. The molecule has 31 heavy (non-hydrogen) atoms. The van der Waals surface area contributed by atoms with Crippen LogP contribution in [-0.2, 0) is 14.3 Å². The van der Waals surface area contributed by atoms with E-state index in [2.05, 4.69) is 4.85 Å². The predicted molar refractivity (Wildman–Crippen MR) is 118 cm³/mol. The second-order valence-corrected chi connectivity index (χ2v) is 8.21. The van der Waals surface area contributed by atoms with Gasteiger partial charge in [-0.15, -0.1) is 0 Å². The monoisotopic (exact) mass is 460 g/mol. The second kappa shape index (κ2) is 10.1. The standard InChI is InChI=1S/C23H22Cl2N2O4/c1-3-5-19(26-2)27-21(14-8-10-16(24)11-9-14)22(15-6-4-7-17(25)12-15)31-18(23(27)30)13-20(28)29/h4,6-12,18-19,21-22H,3,5,13H2,1H3,(H,28,29)/t18-,19?,21+,22-/m1/s1. The molecule has 1 fully saturated rings. The lowest BCUT2D eigenvalue weighted by molar-refractivity contribution is -0.182. The molecular weight excluding hydrogens is 439 g/mol. The van der Waals surface area contributed by atoms with Crippen LogP contribution in [0.1, 0.15) is 49.5 Å². The molecule has 4 atom stereocenters. The number of hydrogen-bond donors (Lipinski definition) is 1. The fourth-order valence-corrected chi connectivity index (χ4v) is 4.17. The van der Waals surface area contributed by atoms with Crippen molar-refractivity contribution < 1.29 is 19.4 Å². The molecule has 0 aromatic heterocycles. The number of rotatable bonds is 7. The number of carboxylic acid groups (broad SMARTS) is 1. The van der Waals surface area contributed by atoms with Crippen LogP contribution >= 0.6 is 23.2 Å². The maximum atomic E-state index is 13.4. The molecule has 0 saturated carbocycles. The molecule has 0 spiro atoms. The fraction of sp³-hybridized carbons (Fsp3) is 0.348. The van der Waals surface area contributed by atoms with Gasteiger partial charge in [0.1, 0.15) is 12.2 Å². The third kappa shape index (κ3) is 5.19. The zero-order valence-electron chi connectivity index (χ0n) is 16.9. The Bertz CT molecular complexity index is 990. The first-order valence-corrected chi connectivity index (χ1v) is 10.7. The van der Waals surface area contributed by atoms with Crippen LogP contribution < -0.4 is 0 Å². The van der Waals surface area contributed by atoms with Crippen LogP contribution in [0.2, 0.25) is 10.0 Å². The minimum Gasteiger partial charge on any atom is -0.481 e. The third-order valence-electron chi connectivity index (χ3n) is 5.19. The van der Waals surface area contributed by atoms with E-state index in [1.54, 1.807) is 42.5 Å². The second-order valence-electron chi connectivity index (χ2n) is 7.34. The van der Waals surface area contributed by atoms with Crippen LogP contribution in [0.5, 0.6) is 0 Å². The normalized spacial score (nSPS) is 22.1. The first-order chi connectivity index (χ1) is 14.8. The Hall–Kier alpha value is -2.59. The van der Waals surface area contributed by atoms with Crippen molar-refractivity contribution in [3.8, 4) is 0 Å². The van der Waals surface area contributed by atoms with Crippen molar-refractivity contribution >= 4 is 35.1 Å². The van der Waals surface area contributed by atoms with Gasteiger partial charge >= 0.3 is 12.1 Å². The molecule has 0 aliphatic carbocycles. The SMILES string of the molecule is [C-]#[N+]C(CCC)N1C(=O)[C@@H](CC(=O)O)O[C@H](c2cccc(Cl)c2)[C@@H]1c1ccc(Cl)cc1. The maximum absolute atomic E-state index is 13.4. The number of carbonyl (C=O) groups excluding carboxylic acids is 1. The zero-order valence-corrected chi connectivity index (χ0v) is 18.4. The van der Waals surface area contributed by atoms with E-state index in [1.165, 1.54) is 4.90 Å². The molecule has 8 heteroatoms. The van der Waals surface area contributed by atoms with Gasteiger partial charge in [-0.1, -0.05) is 54.4 Å². The van der Waals surface area contributed by atoms with Crippen LogP contribution in [0.3, 0.4) is 0 Å². The zero-order chi connectivity index (χ0) is 22.5. The molecule has 3 rings (SSSR count). The molecule has 2 aromatic rings. The number of carbonyl (C=O) groups is 2. The molecule has 1 heterocycles. The van der Waals surface area contributed by atoms with Crippen LogP contribution in [0.4, 0.5) is 0 Å². The Morgan fingerprint density at radius 2 is 1.90 bits per heavy atom. The average molecular weight is 461 g/mol. The van der Waals surface area contributed by atoms with Crippen molar-refractivity contribution in [3.05, 3.63) is 81.1 Å². The summed E-state index contributed by atoms with van der Waals surface area (Å²) in [6, 6.07) is 13.4. The van der Waals surface area contributed by atoms with Gasteiger partial charge in [-0.3, -0.25) is 19.3 Å². The summed E-state index contributed by atoms with van der Waals surface area (Å²) < 4.78 is 6.08. The highest BCUT2D eigenvalue weighted by Gasteiger charge is 2.49. The van der Waals surface area contributed by atoms with E-state index in [9.17, 15) is 14.7 Å². The minimum atomic E-state index is -1.20. The number of amides is 1. The highest BCUT2D eigenvalue weighted by atomic mass is 35.5. The summed E-state index contributed by atoms with van der Waals surface area (Å²) in [5.74, 6) is -1.65. The summed E-state index contributed by atoms with van der Waals surface area (Å²) >= 11 is 12.3. The van der Waals surface area contributed by atoms with Gasteiger partial charge in [0.15, 0.2) is 0 Å². The molecule has 2 aromatic carbocycles. The summed E-state index contributed by atoms with van der Waals surface area (Å²) in [6.45, 7) is 9.65. The van der Waals surface area contributed by atoms with E-state index in [4.69, 9.17) is 34.5 Å². The van der Waals surface area contributed by atoms with Gasteiger partial charge in [-0.05, 0) is 41.8 Å². The van der Waals surface area contributed by atoms with Gasteiger partial charge in [-0.25, -0.2) is 6.57 Å². The summed E-state index contributed by atoms with van der Waals surface area (Å²) in [4.78, 5) is 30.0. The molecule has 1 unspecified atom stereocenters. The Balaban J connectivity index is 2.18. The van der Waals surface area contributed by atoms with Crippen molar-refractivity contribution in [1.29, 1.82) is 0 Å². The topological polar surface area (TPSA) is 71.2 Å². The molecule has 1 aliphatic heterocycles. The number of hydrogen-bond acceptors (Lipinski definition) is 3. The molecule has 1 amide bonds. The van der Waals surface area contributed by atoms with E-state index in [0.717, 1.165) is 5.56 Å². The first-order valence-electron chi connectivity index (χ1n) is 9.92. The fourth-order valence-electron chi connectivity index (χ4n) is 3.85. The number of carboxylic acids is 1. The van der Waals surface area contributed by atoms with Crippen molar-refractivity contribution in [2.24, 2.45) is 0 Å². The molecule has 1 aliphatic rings. The lowest BCUT2D eigenvalue weighted by atomic mass is 9.90. The number of nitrogens with zero attached hydrogens (tertiary/aromatic N) is 2. The molecule has 0 radical (unpaired) electrons. The van der Waals surface area contributed by atoms with Crippen LogP contribution in [0, 0.1) is 6.57 Å². The number of halogens is 2. The van der Waals surface area contributed by atoms with E-state index in [1.807, 2.05) is 13.0 Å². The summed E-state index contributed by atoms with van der Waals surface area (Å²) in [5.41, 5.74) is 1.43. The summed E-state index contributed by atoms with van der Waals surface area (Å²) in [5, 5.41) is 10.4. The van der Waals surface area contributed by atoms with Gasteiger partial charge in [0, 0.05) is 16.5 Å². The van der Waals surface area contributed by atoms with Crippen molar-refractivity contribution in [2.45, 2.75) is 50.6 Å². The molecule has 0 bridgehead atoms. The van der Waals surface area contributed by atoms with Crippen LogP contribution in [0.15, 0.2) is 48.5 Å². The molecule has 6 nitrogen and oxygen atoms in total. The van der Waals surface area contributed by atoms with Gasteiger partial charge in [0.05, 0.1) is 12.5 Å². The van der Waals surface area contributed by atoms with Crippen LogP contribution in [-0.4, -0.2) is 34.2 Å². The Labute approximate surface area is 191 Å². The van der Waals surface area contributed by atoms with Crippen molar-refractivity contribution in [2.75, 3.05) is 0 Å². The molecule has 1 N–H and O–H groups in total. The Morgan fingerprint density at radius 1 is 1.19 bits per heavy atom. The largest absolute Gasteiger partial charge is 0.481 e. The lowest BCUT2D eigenvalue weighted by Crippen LogP contribution is -2.54. The smallest absolute Gasteiger partial charge is 0.306 e. The van der Waals surface area contributed by atoms with E-state index >= 15 is 0 Å². The molecular formula is C23H22Cl2N2O4. The van der Waals surface area contributed by atoms with Crippen molar-refractivity contribution in [3.63, 3.8) is 0 Å². The Morgan fingerprint density at radius 3 is 2.48 bits per heavy atom. The first kappa shape index (κ1) is 23.1. The molecule has 1 saturated heterocycles. The summed E-state index contributed by atoms with van der Waals surface area (Å²) in [6.07, 6.45) is -2.00. The number of morpholine rings is 1. The number of benzene rings is 2. The van der Waals surface area contributed by atoms with E-state index < -0.39 is 42.7 Å².